The summed E-state index contributed by atoms with van der Waals surface area (Å²) in [6.45, 7) is 3.17. The van der Waals surface area contributed by atoms with Crippen LogP contribution in [-0.4, -0.2) is 31.2 Å². The van der Waals surface area contributed by atoms with Crippen LogP contribution in [-0.2, 0) is 9.53 Å². The van der Waals surface area contributed by atoms with Gasteiger partial charge >= 0.3 is 0 Å². The summed E-state index contributed by atoms with van der Waals surface area (Å²) in [5.74, 6) is -0.0677. The predicted molar refractivity (Wildman–Crippen MR) is 45.6 cm³/mol. The molecule has 4 nitrogen and oxygen atoms in total. The zero-order valence-electron chi connectivity index (χ0n) is 7.38. The van der Waals surface area contributed by atoms with Crippen LogP contribution in [0.15, 0.2) is 0 Å². The van der Waals surface area contributed by atoms with Gasteiger partial charge in [-0.2, -0.15) is 0 Å². The Morgan fingerprint density at radius 2 is 2.17 bits per heavy atom. The van der Waals surface area contributed by atoms with E-state index in [0.717, 1.165) is 26.1 Å². The number of hydrogen-bond donors (Lipinski definition) is 2. The predicted octanol–water partition coefficient (Wildman–Crippen LogP) is -0.371. The number of rotatable bonds is 2. The van der Waals surface area contributed by atoms with Gasteiger partial charge in [-0.05, 0) is 19.8 Å². The van der Waals surface area contributed by atoms with Crippen molar-refractivity contribution in [1.29, 1.82) is 0 Å². The molecule has 70 valence electrons. The molecule has 0 aromatic rings. The van der Waals surface area contributed by atoms with Crippen LogP contribution in [0.1, 0.15) is 19.8 Å². The normalized spacial score (nSPS) is 21.8. The van der Waals surface area contributed by atoms with Gasteiger partial charge in [0.15, 0.2) is 0 Å². The molecule has 12 heavy (non-hydrogen) atoms. The molecule has 1 saturated heterocycles. The zero-order valence-corrected chi connectivity index (χ0v) is 7.38. The Morgan fingerprint density at radius 3 is 2.67 bits per heavy atom. The maximum absolute atomic E-state index is 11.1. The molecule has 0 saturated carbocycles. The summed E-state index contributed by atoms with van der Waals surface area (Å²) in [6.07, 6.45) is 1.80. The molecule has 1 aliphatic heterocycles. The van der Waals surface area contributed by atoms with Gasteiger partial charge in [-0.25, -0.2) is 0 Å². The summed E-state index contributed by atoms with van der Waals surface area (Å²) in [5.41, 5.74) is 5.41. The summed E-state index contributed by atoms with van der Waals surface area (Å²) in [4.78, 5) is 11.1. The summed E-state index contributed by atoms with van der Waals surface area (Å²) >= 11 is 0. The highest BCUT2D eigenvalue weighted by atomic mass is 16.5. The molecular formula is C8H16N2O2. The SMILES string of the molecule is CC(N)C(=O)NC1CCOCC1. The molecule has 0 aliphatic carbocycles. The molecule has 3 N–H and O–H groups in total. The minimum Gasteiger partial charge on any atom is -0.381 e. The molecule has 1 amide bonds. The number of carbonyl (C=O) groups is 1. The van der Waals surface area contributed by atoms with Crippen molar-refractivity contribution in [2.75, 3.05) is 13.2 Å². The van der Waals surface area contributed by atoms with E-state index in [0.29, 0.717) is 0 Å². The van der Waals surface area contributed by atoms with Gasteiger partial charge < -0.3 is 15.8 Å². The van der Waals surface area contributed by atoms with Crippen molar-refractivity contribution in [2.24, 2.45) is 5.73 Å². The first-order valence-electron chi connectivity index (χ1n) is 4.34. The molecule has 0 radical (unpaired) electrons. The van der Waals surface area contributed by atoms with Gasteiger partial charge in [-0.3, -0.25) is 4.79 Å². The van der Waals surface area contributed by atoms with E-state index in [9.17, 15) is 4.79 Å². The molecule has 0 aromatic carbocycles. The van der Waals surface area contributed by atoms with Crippen LogP contribution in [0, 0.1) is 0 Å². The highest BCUT2D eigenvalue weighted by Gasteiger charge is 2.17. The van der Waals surface area contributed by atoms with Crippen molar-refractivity contribution < 1.29 is 9.53 Å². The second-order valence-electron chi connectivity index (χ2n) is 3.18. The van der Waals surface area contributed by atoms with E-state index in [-0.39, 0.29) is 11.9 Å². The van der Waals surface area contributed by atoms with Crippen molar-refractivity contribution in [1.82, 2.24) is 5.32 Å². The third kappa shape index (κ3) is 2.79. The molecule has 1 atom stereocenters. The van der Waals surface area contributed by atoms with E-state index in [1.165, 1.54) is 0 Å². The first kappa shape index (κ1) is 9.48. The Bertz CT molecular complexity index is 153. The van der Waals surface area contributed by atoms with Crippen LogP contribution in [0.2, 0.25) is 0 Å². The van der Waals surface area contributed by atoms with Crippen LogP contribution in [0.25, 0.3) is 0 Å². The van der Waals surface area contributed by atoms with Gasteiger partial charge in [0.25, 0.3) is 0 Å². The van der Waals surface area contributed by atoms with Crippen molar-refractivity contribution >= 4 is 5.91 Å². The maximum Gasteiger partial charge on any atom is 0.236 e. The lowest BCUT2D eigenvalue weighted by Gasteiger charge is -2.23. The monoisotopic (exact) mass is 172 g/mol. The Labute approximate surface area is 72.5 Å². The average molecular weight is 172 g/mol. The summed E-state index contributed by atoms with van der Waals surface area (Å²) < 4.78 is 5.16. The number of ether oxygens (including phenoxy) is 1. The summed E-state index contributed by atoms with van der Waals surface area (Å²) in [7, 11) is 0. The average Bonchev–Trinajstić information content (AvgIpc) is 2.06. The molecular weight excluding hydrogens is 156 g/mol. The topological polar surface area (TPSA) is 64.4 Å². The Balaban J connectivity index is 2.24. The third-order valence-corrected chi connectivity index (χ3v) is 1.98. The number of hydrogen-bond acceptors (Lipinski definition) is 3. The fraction of sp³-hybridized carbons (Fsp3) is 0.875. The van der Waals surface area contributed by atoms with E-state index >= 15 is 0 Å². The van der Waals surface area contributed by atoms with Crippen molar-refractivity contribution in [3.05, 3.63) is 0 Å². The molecule has 1 fully saturated rings. The van der Waals surface area contributed by atoms with E-state index in [1.54, 1.807) is 6.92 Å². The van der Waals surface area contributed by atoms with E-state index in [4.69, 9.17) is 10.5 Å². The third-order valence-electron chi connectivity index (χ3n) is 1.98. The van der Waals surface area contributed by atoms with Gasteiger partial charge in [0.1, 0.15) is 0 Å². The minimum atomic E-state index is -0.409. The Kier molecular flexibility index (Phi) is 3.49. The molecule has 1 rings (SSSR count). The van der Waals surface area contributed by atoms with Crippen molar-refractivity contribution in [3.8, 4) is 0 Å². The first-order chi connectivity index (χ1) is 5.70. The lowest BCUT2D eigenvalue weighted by molar-refractivity contribution is -0.123. The van der Waals surface area contributed by atoms with Gasteiger partial charge in [-0.1, -0.05) is 0 Å². The molecule has 0 aromatic heterocycles. The van der Waals surface area contributed by atoms with E-state index in [2.05, 4.69) is 5.32 Å². The second-order valence-corrected chi connectivity index (χ2v) is 3.18. The fourth-order valence-electron chi connectivity index (χ4n) is 1.17. The van der Waals surface area contributed by atoms with Gasteiger partial charge in [-0.15, -0.1) is 0 Å². The first-order valence-corrected chi connectivity index (χ1v) is 4.34. The largest absolute Gasteiger partial charge is 0.381 e. The van der Waals surface area contributed by atoms with Gasteiger partial charge in [0.05, 0.1) is 6.04 Å². The lowest BCUT2D eigenvalue weighted by atomic mass is 10.1. The molecule has 1 heterocycles. The van der Waals surface area contributed by atoms with Crippen molar-refractivity contribution in [3.63, 3.8) is 0 Å². The molecule has 1 aliphatic rings. The maximum atomic E-state index is 11.1. The lowest BCUT2D eigenvalue weighted by Crippen LogP contribution is -2.45. The van der Waals surface area contributed by atoms with Crippen LogP contribution in [0.3, 0.4) is 0 Å². The zero-order chi connectivity index (χ0) is 8.97. The molecule has 1 unspecified atom stereocenters. The summed E-state index contributed by atoms with van der Waals surface area (Å²) in [6, 6.07) is -0.148. The smallest absolute Gasteiger partial charge is 0.236 e. The van der Waals surface area contributed by atoms with E-state index < -0.39 is 6.04 Å². The molecule has 0 spiro atoms. The summed E-state index contributed by atoms with van der Waals surface area (Å²) in [5, 5.41) is 2.87. The second kappa shape index (κ2) is 4.42. The van der Waals surface area contributed by atoms with E-state index in [1.807, 2.05) is 0 Å². The highest BCUT2D eigenvalue weighted by Crippen LogP contribution is 2.05. The van der Waals surface area contributed by atoms with Crippen LogP contribution in [0.5, 0.6) is 0 Å². The molecule has 4 heteroatoms. The highest BCUT2D eigenvalue weighted by molar-refractivity contribution is 5.81. The number of amides is 1. The van der Waals surface area contributed by atoms with Crippen LogP contribution < -0.4 is 11.1 Å². The quantitative estimate of drug-likeness (QED) is 0.597. The van der Waals surface area contributed by atoms with Crippen LogP contribution in [0.4, 0.5) is 0 Å². The standard InChI is InChI=1S/C8H16N2O2/c1-6(9)8(11)10-7-2-4-12-5-3-7/h6-7H,2-5,9H2,1H3,(H,10,11). The molecule has 0 bridgehead atoms. The van der Waals surface area contributed by atoms with Gasteiger partial charge in [0.2, 0.25) is 5.91 Å². The fourth-order valence-corrected chi connectivity index (χ4v) is 1.17. The minimum absolute atomic E-state index is 0.0677. The Hall–Kier alpha value is -0.610. The number of nitrogens with one attached hydrogen (secondary N) is 1. The van der Waals surface area contributed by atoms with Crippen molar-refractivity contribution in [2.45, 2.75) is 31.8 Å². The van der Waals surface area contributed by atoms with Gasteiger partial charge in [0, 0.05) is 19.3 Å². The van der Waals surface area contributed by atoms with Crippen LogP contribution >= 0.6 is 0 Å². The number of nitrogens with two attached hydrogens (primary N) is 1. The Morgan fingerprint density at radius 1 is 1.58 bits per heavy atom. The number of carbonyl (C=O) groups excluding carboxylic acids is 1.